The second-order valence-electron chi connectivity index (χ2n) is 8.00. The lowest BCUT2D eigenvalue weighted by Crippen LogP contribution is -2.46. The van der Waals surface area contributed by atoms with Crippen molar-refractivity contribution >= 4 is 28.6 Å². The fourth-order valence-corrected chi connectivity index (χ4v) is 4.93. The van der Waals surface area contributed by atoms with Gasteiger partial charge in [-0.3, -0.25) is 4.90 Å². The summed E-state index contributed by atoms with van der Waals surface area (Å²) in [5.74, 6) is 1.45. The number of fused-ring (bicyclic) bond motifs is 1. The quantitative estimate of drug-likeness (QED) is 0.411. The third-order valence-electron chi connectivity index (χ3n) is 5.85. The van der Waals surface area contributed by atoms with Crippen LogP contribution in [0.15, 0.2) is 70.2 Å². The van der Waals surface area contributed by atoms with Crippen molar-refractivity contribution < 1.29 is 23.2 Å². The molecule has 0 saturated heterocycles. The zero-order valence-corrected chi connectivity index (χ0v) is 19.3. The topological polar surface area (TPSA) is 89.7 Å². The van der Waals surface area contributed by atoms with Crippen molar-refractivity contribution in [2.45, 2.75) is 13.0 Å². The Labute approximate surface area is 203 Å². The van der Waals surface area contributed by atoms with E-state index in [9.17, 15) is 9.18 Å². The number of halogens is 1. The Balaban J connectivity index is 1.49. The number of thiophene rings is 1. The average Bonchev–Trinajstić information content (AvgIpc) is 3.56. The van der Waals surface area contributed by atoms with E-state index in [1.165, 1.54) is 28.4 Å². The van der Waals surface area contributed by atoms with E-state index in [1.54, 1.807) is 37.3 Å². The van der Waals surface area contributed by atoms with E-state index in [0.29, 0.717) is 53.1 Å². The summed E-state index contributed by atoms with van der Waals surface area (Å²) in [5.41, 5.74) is 2.28. The van der Waals surface area contributed by atoms with Crippen LogP contribution in [0.3, 0.4) is 0 Å². The number of amides is 2. The molecule has 0 bridgehead atoms. The maximum atomic E-state index is 14.1. The molecule has 176 valence electrons. The van der Waals surface area contributed by atoms with E-state index in [1.807, 2.05) is 17.5 Å². The summed E-state index contributed by atoms with van der Waals surface area (Å²) in [7, 11) is 0. The Morgan fingerprint density at radius 2 is 1.94 bits per heavy atom. The maximum absolute atomic E-state index is 14.1. The number of benzene rings is 2. The van der Waals surface area contributed by atoms with E-state index in [4.69, 9.17) is 14.0 Å². The van der Waals surface area contributed by atoms with Crippen LogP contribution >= 0.6 is 11.3 Å². The van der Waals surface area contributed by atoms with E-state index in [0.717, 1.165) is 4.88 Å². The molecule has 4 heterocycles. The molecular formula is C25H19FN4O4S. The van der Waals surface area contributed by atoms with E-state index < -0.39 is 11.9 Å². The average molecular weight is 491 g/mol. The smallest absolute Gasteiger partial charge is 0.327 e. The summed E-state index contributed by atoms with van der Waals surface area (Å²) < 4.78 is 31.1. The molecule has 1 unspecified atom stereocenters. The molecule has 2 aliphatic heterocycles. The number of carbonyl (C=O) groups is 1. The molecule has 0 fully saturated rings. The number of hydrogen-bond donors (Lipinski definition) is 1. The molecule has 0 spiro atoms. The fourth-order valence-electron chi connectivity index (χ4n) is 4.28. The van der Waals surface area contributed by atoms with Gasteiger partial charge in [-0.1, -0.05) is 23.4 Å². The number of anilines is 1. The lowest BCUT2D eigenvalue weighted by atomic mass is 9.94. The summed E-state index contributed by atoms with van der Waals surface area (Å²) >= 11 is 1.49. The summed E-state index contributed by atoms with van der Waals surface area (Å²) in [5, 5.41) is 9.04. The minimum atomic E-state index is -0.691. The molecule has 4 aromatic rings. The predicted octanol–water partition coefficient (Wildman–Crippen LogP) is 5.41. The number of nitrogens with one attached hydrogen (secondary N) is 1. The van der Waals surface area contributed by atoms with Gasteiger partial charge in [-0.15, -0.1) is 11.3 Å². The number of hydrogen-bond acceptors (Lipinski definition) is 7. The molecule has 2 aromatic carbocycles. The minimum absolute atomic E-state index is 0.239. The van der Waals surface area contributed by atoms with Crippen molar-refractivity contribution in [3.63, 3.8) is 0 Å². The van der Waals surface area contributed by atoms with Crippen molar-refractivity contribution in [1.29, 1.82) is 0 Å². The highest BCUT2D eigenvalue weighted by Crippen LogP contribution is 2.41. The SMILES string of the molecule is CC1=C(c2nc(-c3cccs3)no2)C(c2cccc(F)c2)NC(=O)N1c1ccc2c(c1)OCCO2. The predicted molar refractivity (Wildman–Crippen MR) is 128 cm³/mol. The van der Waals surface area contributed by atoms with Crippen molar-refractivity contribution in [3.05, 3.63) is 82.9 Å². The van der Waals surface area contributed by atoms with Crippen molar-refractivity contribution in [1.82, 2.24) is 15.5 Å². The maximum Gasteiger partial charge on any atom is 0.327 e. The van der Waals surface area contributed by atoms with Crippen molar-refractivity contribution in [2.24, 2.45) is 0 Å². The Bertz CT molecular complexity index is 1450. The first-order chi connectivity index (χ1) is 17.1. The third kappa shape index (κ3) is 3.81. The zero-order valence-electron chi connectivity index (χ0n) is 18.5. The van der Waals surface area contributed by atoms with E-state index in [-0.39, 0.29) is 11.9 Å². The molecule has 6 rings (SSSR count). The van der Waals surface area contributed by atoms with Gasteiger partial charge in [0.05, 0.1) is 22.2 Å². The van der Waals surface area contributed by atoms with Gasteiger partial charge in [0, 0.05) is 11.8 Å². The molecule has 1 atom stereocenters. The number of allylic oxidation sites excluding steroid dienone is 1. The Morgan fingerprint density at radius 1 is 1.09 bits per heavy atom. The minimum Gasteiger partial charge on any atom is -0.486 e. The highest BCUT2D eigenvalue weighted by Gasteiger charge is 2.37. The third-order valence-corrected chi connectivity index (χ3v) is 6.71. The molecule has 0 aliphatic carbocycles. The van der Waals surface area contributed by atoms with Crippen molar-refractivity contribution in [2.75, 3.05) is 18.1 Å². The Hall–Kier alpha value is -4.18. The van der Waals surface area contributed by atoms with Crippen LogP contribution in [0.2, 0.25) is 0 Å². The van der Waals surface area contributed by atoms with Gasteiger partial charge in [0.15, 0.2) is 11.5 Å². The molecule has 2 amide bonds. The van der Waals surface area contributed by atoms with Crippen LogP contribution in [0, 0.1) is 5.82 Å². The number of aromatic nitrogens is 2. The lowest BCUT2D eigenvalue weighted by molar-refractivity contribution is 0.171. The van der Waals surface area contributed by atoms with E-state index in [2.05, 4.69) is 15.5 Å². The van der Waals surface area contributed by atoms with Gasteiger partial charge >= 0.3 is 6.03 Å². The molecule has 10 heteroatoms. The van der Waals surface area contributed by atoms with Crippen LogP contribution in [0.25, 0.3) is 16.3 Å². The molecule has 2 aromatic heterocycles. The van der Waals surface area contributed by atoms with Crippen LogP contribution in [0.5, 0.6) is 11.5 Å². The molecule has 0 radical (unpaired) electrons. The number of carbonyl (C=O) groups excluding carboxylic acids is 1. The summed E-state index contributed by atoms with van der Waals surface area (Å²) in [6.45, 7) is 2.70. The van der Waals surface area contributed by atoms with Gasteiger partial charge in [0.25, 0.3) is 5.89 Å². The molecule has 35 heavy (non-hydrogen) atoms. The van der Waals surface area contributed by atoms with Gasteiger partial charge in [0.1, 0.15) is 19.0 Å². The normalized spacial score (nSPS) is 17.5. The fraction of sp³-hybridized carbons (Fsp3) is 0.160. The van der Waals surface area contributed by atoms with Crippen LogP contribution in [0.4, 0.5) is 14.9 Å². The molecule has 8 nitrogen and oxygen atoms in total. The Morgan fingerprint density at radius 3 is 2.74 bits per heavy atom. The van der Waals surface area contributed by atoms with Gasteiger partial charge in [-0.05, 0) is 48.2 Å². The summed E-state index contributed by atoms with van der Waals surface area (Å²) in [6, 6.07) is 14.1. The van der Waals surface area contributed by atoms with Crippen molar-refractivity contribution in [3.8, 4) is 22.2 Å². The van der Waals surface area contributed by atoms with Gasteiger partial charge in [-0.2, -0.15) is 4.98 Å². The van der Waals surface area contributed by atoms with Gasteiger partial charge in [-0.25, -0.2) is 9.18 Å². The summed E-state index contributed by atoms with van der Waals surface area (Å²) in [4.78, 5) is 20.3. The van der Waals surface area contributed by atoms with Crippen LogP contribution in [0.1, 0.15) is 24.4 Å². The molecule has 1 N–H and O–H groups in total. The lowest BCUT2D eigenvalue weighted by Gasteiger charge is -2.35. The first-order valence-electron chi connectivity index (χ1n) is 10.9. The number of ether oxygens (including phenoxy) is 2. The van der Waals surface area contributed by atoms with Crippen LogP contribution in [-0.4, -0.2) is 29.4 Å². The monoisotopic (exact) mass is 490 g/mol. The van der Waals surface area contributed by atoms with Gasteiger partial charge in [0.2, 0.25) is 5.82 Å². The Kier molecular flexibility index (Phi) is 5.22. The number of urea groups is 1. The second kappa shape index (κ2) is 8.55. The first kappa shape index (κ1) is 21.4. The molecular weight excluding hydrogens is 471 g/mol. The highest BCUT2D eigenvalue weighted by molar-refractivity contribution is 7.13. The number of nitrogens with zero attached hydrogens (tertiary/aromatic N) is 3. The first-order valence-corrected chi connectivity index (χ1v) is 11.8. The zero-order chi connectivity index (χ0) is 23.9. The largest absolute Gasteiger partial charge is 0.486 e. The molecule has 0 saturated carbocycles. The molecule has 2 aliphatic rings. The van der Waals surface area contributed by atoms with Crippen LogP contribution < -0.4 is 19.7 Å². The van der Waals surface area contributed by atoms with E-state index >= 15 is 0 Å². The van der Waals surface area contributed by atoms with Gasteiger partial charge < -0.3 is 19.3 Å². The number of rotatable bonds is 4. The second-order valence-corrected chi connectivity index (χ2v) is 8.95. The standard InChI is InChI=1S/C25H19FN4O4S/c1-14-21(24-28-23(29-34-24)20-6-3-11-35-20)22(15-4-2-5-16(26)12-15)27-25(31)30(14)17-7-8-18-19(13-17)33-10-9-32-18/h2-8,11-13,22H,9-10H2,1H3,(H,27,31). The van der Waals surface area contributed by atoms with Crippen LogP contribution in [-0.2, 0) is 0 Å². The highest BCUT2D eigenvalue weighted by atomic mass is 32.1. The summed E-state index contributed by atoms with van der Waals surface area (Å²) in [6.07, 6.45) is 0.